The zero-order valence-corrected chi connectivity index (χ0v) is 11.6. The van der Waals surface area contributed by atoms with Crippen molar-refractivity contribution in [3.8, 4) is 0 Å². The Kier molecular flexibility index (Phi) is 2.84. The Morgan fingerprint density at radius 3 is 2.80 bits per heavy atom. The van der Waals surface area contributed by atoms with Gasteiger partial charge in [0.2, 0.25) is 5.91 Å². The Hall–Kier alpha value is -1.35. The summed E-state index contributed by atoms with van der Waals surface area (Å²) in [5, 5.41) is 13.3. The summed E-state index contributed by atoms with van der Waals surface area (Å²) in [6, 6.07) is 7.83. The van der Waals surface area contributed by atoms with Crippen molar-refractivity contribution in [2.45, 2.75) is 44.2 Å². The molecule has 5 unspecified atom stereocenters. The number of aliphatic hydroxyl groups excluding tert-OH is 1. The van der Waals surface area contributed by atoms with Crippen molar-refractivity contribution in [3.05, 3.63) is 35.4 Å². The molecule has 1 aromatic rings. The van der Waals surface area contributed by atoms with Crippen LogP contribution in [-0.4, -0.2) is 17.1 Å². The van der Waals surface area contributed by atoms with Gasteiger partial charge in [0.1, 0.15) is 0 Å². The van der Waals surface area contributed by atoms with Gasteiger partial charge < -0.3 is 10.4 Å². The fourth-order valence-corrected chi connectivity index (χ4v) is 4.57. The molecule has 1 amide bonds. The first-order chi connectivity index (χ1) is 9.72. The lowest BCUT2D eigenvalue weighted by Crippen LogP contribution is -2.39. The summed E-state index contributed by atoms with van der Waals surface area (Å²) < 4.78 is 0. The molecule has 4 rings (SSSR count). The van der Waals surface area contributed by atoms with Crippen molar-refractivity contribution in [3.63, 3.8) is 0 Å². The van der Waals surface area contributed by atoms with E-state index in [9.17, 15) is 9.90 Å². The van der Waals surface area contributed by atoms with E-state index < -0.39 is 6.10 Å². The summed E-state index contributed by atoms with van der Waals surface area (Å²) in [5.74, 6) is 1.72. The molecule has 0 heterocycles. The maximum absolute atomic E-state index is 12.5. The van der Waals surface area contributed by atoms with Crippen molar-refractivity contribution >= 4 is 5.91 Å². The second-order valence-corrected chi connectivity index (χ2v) is 6.74. The highest BCUT2D eigenvalue weighted by Crippen LogP contribution is 2.48. The molecular weight excluding hydrogens is 250 g/mol. The highest BCUT2D eigenvalue weighted by molar-refractivity contribution is 5.80. The molecule has 5 atom stereocenters. The molecule has 0 spiro atoms. The lowest BCUT2D eigenvalue weighted by Gasteiger charge is -2.25. The number of aliphatic hydroxyl groups is 1. The quantitative estimate of drug-likeness (QED) is 0.866. The predicted octanol–water partition coefficient (Wildman–Crippen LogP) is 2.20. The van der Waals surface area contributed by atoms with E-state index >= 15 is 0 Å². The summed E-state index contributed by atoms with van der Waals surface area (Å²) in [6.07, 6.45) is 4.99. The number of amides is 1. The number of benzene rings is 1. The number of fused-ring (bicyclic) bond motifs is 3. The molecule has 0 aromatic heterocycles. The third kappa shape index (κ3) is 1.87. The maximum atomic E-state index is 12.5. The summed E-state index contributed by atoms with van der Waals surface area (Å²) >= 11 is 0. The summed E-state index contributed by atoms with van der Waals surface area (Å²) in [7, 11) is 0. The third-order valence-corrected chi connectivity index (χ3v) is 5.58. The summed E-state index contributed by atoms with van der Waals surface area (Å²) in [4.78, 5) is 12.5. The SMILES string of the molecule is O=C(NC1c2ccccc2CC1O)C1CC2CCC1C2. The Balaban J connectivity index is 1.50. The highest BCUT2D eigenvalue weighted by Gasteiger charge is 2.44. The van der Waals surface area contributed by atoms with Gasteiger partial charge in [-0.25, -0.2) is 0 Å². The first kappa shape index (κ1) is 12.4. The van der Waals surface area contributed by atoms with E-state index in [-0.39, 0.29) is 17.9 Å². The van der Waals surface area contributed by atoms with Gasteiger partial charge in [0.25, 0.3) is 0 Å². The zero-order valence-electron chi connectivity index (χ0n) is 11.6. The number of rotatable bonds is 2. The van der Waals surface area contributed by atoms with Crippen LogP contribution in [0.2, 0.25) is 0 Å². The van der Waals surface area contributed by atoms with Gasteiger partial charge in [-0.3, -0.25) is 4.79 Å². The Labute approximate surface area is 119 Å². The van der Waals surface area contributed by atoms with E-state index in [1.807, 2.05) is 24.3 Å². The van der Waals surface area contributed by atoms with Crippen LogP contribution in [0.1, 0.15) is 42.9 Å². The number of hydrogen-bond donors (Lipinski definition) is 2. The van der Waals surface area contributed by atoms with Crippen LogP contribution in [0.4, 0.5) is 0 Å². The Morgan fingerprint density at radius 2 is 2.05 bits per heavy atom. The minimum Gasteiger partial charge on any atom is -0.390 e. The number of carbonyl (C=O) groups excluding carboxylic acids is 1. The van der Waals surface area contributed by atoms with Crippen LogP contribution in [0.5, 0.6) is 0 Å². The molecule has 106 valence electrons. The Morgan fingerprint density at radius 1 is 1.20 bits per heavy atom. The van der Waals surface area contributed by atoms with E-state index in [2.05, 4.69) is 5.32 Å². The van der Waals surface area contributed by atoms with Gasteiger partial charge in [-0.15, -0.1) is 0 Å². The van der Waals surface area contributed by atoms with Gasteiger partial charge >= 0.3 is 0 Å². The maximum Gasteiger partial charge on any atom is 0.223 e. The minimum atomic E-state index is -0.477. The summed E-state index contributed by atoms with van der Waals surface area (Å²) in [6.45, 7) is 0. The molecule has 20 heavy (non-hydrogen) atoms. The third-order valence-electron chi connectivity index (χ3n) is 5.58. The van der Waals surface area contributed by atoms with Crippen molar-refractivity contribution in [1.82, 2.24) is 5.32 Å². The first-order valence-corrected chi connectivity index (χ1v) is 7.78. The van der Waals surface area contributed by atoms with Crippen LogP contribution in [0.25, 0.3) is 0 Å². The molecule has 2 N–H and O–H groups in total. The van der Waals surface area contributed by atoms with Crippen LogP contribution >= 0.6 is 0 Å². The molecule has 0 saturated heterocycles. The van der Waals surface area contributed by atoms with Gasteiger partial charge in [-0.2, -0.15) is 0 Å². The van der Waals surface area contributed by atoms with E-state index in [0.717, 1.165) is 17.9 Å². The van der Waals surface area contributed by atoms with Gasteiger partial charge in [-0.05, 0) is 42.2 Å². The molecule has 0 radical (unpaired) electrons. The fourth-order valence-electron chi connectivity index (χ4n) is 4.57. The molecule has 2 bridgehead atoms. The van der Waals surface area contributed by atoms with Gasteiger partial charge in [-0.1, -0.05) is 30.7 Å². The normalized spacial score (nSPS) is 38.0. The van der Waals surface area contributed by atoms with Crippen LogP contribution in [0, 0.1) is 17.8 Å². The van der Waals surface area contributed by atoms with Gasteiger partial charge in [0.05, 0.1) is 12.1 Å². The van der Waals surface area contributed by atoms with E-state index in [4.69, 9.17) is 0 Å². The van der Waals surface area contributed by atoms with Crippen molar-refractivity contribution in [2.24, 2.45) is 17.8 Å². The molecule has 2 fully saturated rings. The van der Waals surface area contributed by atoms with E-state index in [0.29, 0.717) is 12.3 Å². The molecule has 3 aliphatic carbocycles. The van der Waals surface area contributed by atoms with E-state index in [1.165, 1.54) is 24.8 Å². The van der Waals surface area contributed by atoms with Gasteiger partial charge in [0.15, 0.2) is 0 Å². The van der Waals surface area contributed by atoms with E-state index in [1.54, 1.807) is 0 Å². The zero-order chi connectivity index (χ0) is 13.7. The van der Waals surface area contributed by atoms with Gasteiger partial charge in [0, 0.05) is 12.3 Å². The number of carbonyl (C=O) groups is 1. The molecule has 1 aromatic carbocycles. The second-order valence-electron chi connectivity index (χ2n) is 6.74. The smallest absolute Gasteiger partial charge is 0.223 e. The largest absolute Gasteiger partial charge is 0.390 e. The average molecular weight is 271 g/mol. The Bertz CT molecular complexity index is 542. The molecular formula is C17H21NO2. The van der Waals surface area contributed by atoms with Crippen LogP contribution in [0.15, 0.2) is 24.3 Å². The monoisotopic (exact) mass is 271 g/mol. The average Bonchev–Trinajstić information content (AvgIpc) is 3.14. The van der Waals surface area contributed by atoms with Crippen LogP contribution < -0.4 is 5.32 Å². The van der Waals surface area contributed by atoms with Crippen molar-refractivity contribution < 1.29 is 9.90 Å². The molecule has 0 aliphatic heterocycles. The summed E-state index contributed by atoms with van der Waals surface area (Å²) in [5.41, 5.74) is 2.26. The highest BCUT2D eigenvalue weighted by atomic mass is 16.3. The standard InChI is InChI=1S/C17H21NO2/c19-15-9-11-3-1-2-4-13(11)16(15)18-17(20)14-8-10-5-6-12(14)7-10/h1-4,10,12,14-16,19H,5-9H2,(H,18,20). The topological polar surface area (TPSA) is 49.3 Å². The first-order valence-electron chi connectivity index (χ1n) is 7.78. The molecule has 3 aliphatic rings. The fraction of sp³-hybridized carbons (Fsp3) is 0.588. The van der Waals surface area contributed by atoms with Crippen LogP contribution in [0.3, 0.4) is 0 Å². The van der Waals surface area contributed by atoms with Crippen molar-refractivity contribution in [2.75, 3.05) is 0 Å². The van der Waals surface area contributed by atoms with Crippen molar-refractivity contribution in [1.29, 1.82) is 0 Å². The minimum absolute atomic E-state index is 0.165. The molecule has 3 heteroatoms. The second kappa shape index (κ2) is 4.59. The number of nitrogens with one attached hydrogen (secondary N) is 1. The molecule has 2 saturated carbocycles. The number of hydrogen-bond acceptors (Lipinski definition) is 2. The predicted molar refractivity (Wildman–Crippen MR) is 76.0 cm³/mol. The van der Waals surface area contributed by atoms with Crippen LogP contribution in [-0.2, 0) is 11.2 Å². The lowest BCUT2D eigenvalue weighted by atomic mass is 9.88. The molecule has 3 nitrogen and oxygen atoms in total. The lowest BCUT2D eigenvalue weighted by molar-refractivity contribution is -0.128.